The van der Waals surface area contributed by atoms with Crippen molar-refractivity contribution in [2.24, 2.45) is 5.92 Å². The van der Waals surface area contributed by atoms with Gasteiger partial charge in [0.05, 0.1) is 4.90 Å². The first-order valence-corrected chi connectivity index (χ1v) is 8.21. The Morgan fingerprint density at radius 1 is 1.20 bits per heavy atom. The maximum Gasteiger partial charge on any atom is 0.243 e. The Labute approximate surface area is 120 Å². The van der Waals surface area contributed by atoms with Crippen LogP contribution in [0.15, 0.2) is 29.2 Å². The van der Waals surface area contributed by atoms with Crippen LogP contribution in [0, 0.1) is 5.92 Å². The van der Waals surface area contributed by atoms with Gasteiger partial charge in [0.25, 0.3) is 0 Å². The van der Waals surface area contributed by atoms with E-state index in [1.54, 1.807) is 28.6 Å². The summed E-state index contributed by atoms with van der Waals surface area (Å²) in [7, 11) is -3.41. The molecule has 5 nitrogen and oxygen atoms in total. The van der Waals surface area contributed by atoms with Crippen molar-refractivity contribution in [1.82, 2.24) is 4.31 Å². The third-order valence-corrected chi connectivity index (χ3v) is 5.47. The van der Waals surface area contributed by atoms with Crippen molar-refractivity contribution in [3.63, 3.8) is 0 Å². The molecule has 0 aliphatic carbocycles. The van der Waals surface area contributed by atoms with Crippen LogP contribution in [0.25, 0.3) is 0 Å². The predicted octanol–water partition coefficient (Wildman–Crippen LogP) is 2.07. The van der Waals surface area contributed by atoms with Crippen molar-refractivity contribution in [3.8, 4) is 0 Å². The monoisotopic (exact) mass is 296 g/mol. The Kier molecular flexibility index (Phi) is 4.45. The summed E-state index contributed by atoms with van der Waals surface area (Å²) in [6.45, 7) is 4.72. The van der Waals surface area contributed by atoms with E-state index in [1.807, 2.05) is 0 Å². The average Bonchev–Trinajstić information content (AvgIpc) is 2.39. The minimum Gasteiger partial charge on any atom is -0.326 e. The number of piperidine rings is 1. The molecule has 0 spiro atoms. The van der Waals surface area contributed by atoms with Gasteiger partial charge < -0.3 is 5.32 Å². The highest BCUT2D eigenvalue weighted by molar-refractivity contribution is 7.89. The molecule has 1 saturated heterocycles. The van der Waals surface area contributed by atoms with Gasteiger partial charge in [-0.05, 0) is 43.0 Å². The summed E-state index contributed by atoms with van der Waals surface area (Å²) < 4.78 is 26.5. The number of sulfonamides is 1. The largest absolute Gasteiger partial charge is 0.326 e. The van der Waals surface area contributed by atoms with E-state index in [9.17, 15) is 13.2 Å². The molecule has 0 atom stereocenters. The van der Waals surface area contributed by atoms with E-state index in [1.165, 1.54) is 6.92 Å². The third-order valence-electron chi connectivity index (χ3n) is 3.56. The van der Waals surface area contributed by atoms with Crippen molar-refractivity contribution in [3.05, 3.63) is 24.3 Å². The molecule has 1 aliphatic rings. The molecule has 1 aromatic carbocycles. The van der Waals surface area contributed by atoms with E-state index in [4.69, 9.17) is 0 Å². The molecular formula is C14H20N2O3S. The van der Waals surface area contributed by atoms with Crippen LogP contribution in [0.3, 0.4) is 0 Å². The van der Waals surface area contributed by atoms with Crippen molar-refractivity contribution in [1.29, 1.82) is 0 Å². The van der Waals surface area contributed by atoms with E-state index in [0.29, 0.717) is 24.7 Å². The number of anilines is 1. The lowest BCUT2D eigenvalue weighted by molar-refractivity contribution is -0.114. The van der Waals surface area contributed by atoms with Gasteiger partial charge in [0.15, 0.2) is 0 Å². The molecule has 0 unspecified atom stereocenters. The number of carbonyl (C=O) groups excluding carboxylic acids is 1. The van der Waals surface area contributed by atoms with Crippen LogP contribution in [-0.2, 0) is 14.8 Å². The maximum atomic E-state index is 12.5. The number of carbonyl (C=O) groups is 1. The summed E-state index contributed by atoms with van der Waals surface area (Å²) in [5.41, 5.74) is 0.601. The third kappa shape index (κ3) is 3.37. The normalized spacial score (nSPS) is 17.9. The smallest absolute Gasteiger partial charge is 0.243 e. The fourth-order valence-electron chi connectivity index (χ4n) is 2.29. The maximum absolute atomic E-state index is 12.5. The van der Waals surface area contributed by atoms with Gasteiger partial charge in [0.1, 0.15) is 0 Å². The lowest BCUT2D eigenvalue weighted by atomic mass is 10.0. The molecule has 2 rings (SSSR count). The van der Waals surface area contributed by atoms with Gasteiger partial charge in [-0.1, -0.05) is 6.92 Å². The number of nitrogens with zero attached hydrogens (tertiary/aromatic N) is 1. The van der Waals surface area contributed by atoms with Gasteiger partial charge in [-0.3, -0.25) is 4.79 Å². The highest BCUT2D eigenvalue weighted by Gasteiger charge is 2.27. The molecule has 20 heavy (non-hydrogen) atoms. The molecule has 1 N–H and O–H groups in total. The molecule has 1 aromatic rings. The highest BCUT2D eigenvalue weighted by atomic mass is 32.2. The van der Waals surface area contributed by atoms with Crippen LogP contribution < -0.4 is 5.32 Å². The van der Waals surface area contributed by atoms with Crippen LogP contribution in [0.4, 0.5) is 5.69 Å². The van der Waals surface area contributed by atoms with Gasteiger partial charge in [-0.15, -0.1) is 0 Å². The lowest BCUT2D eigenvalue weighted by Crippen LogP contribution is -2.37. The fourth-order valence-corrected chi connectivity index (χ4v) is 3.76. The molecule has 1 fully saturated rings. The van der Waals surface area contributed by atoms with Crippen molar-refractivity contribution < 1.29 is 13.2 Å². The first kappa shape index (κ1) is 15.0. The summed E-state index contributed by atoms with van der Waals surface area (Å²) in [5.74, 6) is 0.411. The molecule has 1 aliphatic heterocycles. The zero-order chi connectivity index (χ0) is 14.8. The van der Waals surface area contributed by atoms with Crippen molar-refractivity contribution in [2.75, 3.05) is 18.4 Å². The quantitative estimate of drug-likeness (QED) is 0.928. The van der Waals surface area contributed by atoms with E-state index in [-0.39, 0.29) is 10.8 Å². The summed E-state index contributed by atoms with van der Waals surface area (Å²) in [4.78, 5) is 11.2. The fraction of sp³-hybridized carbons (Fsp3) is 0.500. The summed E-state index contributed by atoms with van der Waals surface area (Å²) in [6, 6.07) is 6.30. The van der Waals surface area contributed by atoms with Gasteiger partial charge >= 0.3 is 0 Å². The number of hydrogen-bond acceptors (Lipinski definition) is 3. The van der Waals surface area contributed by atoms with E-state index < -0.39 is 10.0 Å². The molecule has 1 amide bonds. The zero-order valence-electron chi connectivity index (χ0n) is 11.8. The molecule has 0 bridgehead atoms. The minimum atomic E-state index is -3.41. The number of hydrogen-bond donors (Lipinski definition) is 1. The second kappa shape index (κ2) is 5.93. The number of amides is 1. The molecule has 0 radical (unpaired) electrons. The SMILES string of the molecule is CC(=O)Nc1ccc(S(=O)(=O)N2CCC(C)CC2)cc1. The van der Waals surface area contributed by atoms with Crippen molar-refractivity contribution >= 4 is 21.6 Å². The van der Waals surface area contributed by atoms with E-state index in [2.05, 4.69) is 12.2 Å². The molecule has 6 heteroatoms. The topological polar surface area (TPSA) is 66.5 Å². The highest BCUT2D eigenvalue weighted by Crippen LogP contribution is 2.24. The lowest BCUT2D eigenvalue weighted by Gasteiger charge is -2.29. The van der Waals surface area contributed by atoms with Gasteiger partial charge in [0.2, 0.25) is 15.9 Å². The minimum absolute atomic E-state index is 0.175. The van der Waals surface area contributed by atoms with Crippen LogP contribution in [-0.4, -0.2) is 31.7 Å². The van der Waals surface area contributed by atoms with Crippen LogP contribution >= 0.6 is 0 Å². The van der Waals surface area contributed by atoms with E-state index in [0.717, 1.165) is 12.8 Å². The average molecular weight is 296 g/mol. The Morgan fingerprint density at radius 3 is 2.25 bits per heavy atom. The first-order chi connectivity index (χ1) is 9.39. The molecular weight excluding hydrogens is 276 g/mol. The van der Waals surface area contributed by atoms with Gasteiger partial charge in [0, 0.05) is 25.7 Å². The van der Waals surface area contributed by atoms with Crippen LogP contribution in [0.1, 0.15) is 26.7 Å². The number of nitrogens with one attached hydrogen (secondary N) is 1. The number of rotatable bonds is 3. The Morgan fingerprint density at radius 2 is 1.75 bits per heavy atom. The Hall–Kier alpha value is -1.40. The molecule has 0 saturated carbocycles. The molecule has 110 valence electrons. The first-order valence-electron chi connectivity index (χ1n) is 6.77. The Balaban J connectivity index is 2.15. The predicted molar refractivity (Wildman–Crippen MR) is 77.9 cm³/mol. The van der Waals surface area contributed by atoms with E-state index >= 15 is 0 Å². The summed E-state index contributed by atoms with van der Waals surface area (Å²) in [5, 5.41) is 2.62. The second-order valence-corrected chi connectivity index (χ2v) is 7.23. The van der Waals surface area contributed by atoms with Gasteiger partial charge in [-0.25, -0.2) is 8.42 Å². The van der Waals surface area contributed by atoms with Crippen molar-refractivity contribution in [2.45, 2.75) is 31.6 Å². The molecule has 1 heterocycles. The van der Waals surface area contributed by atoms with Gasteiger partial charge in [-0.2, -0.15) is 4.31 Å². The number of benzene rings is 1. The Bertz CT molecular complexity index is 573. The second-order valence-electron chi connectivity index (χ2n) is 5.29. The zero-order valence-corrected chi connectivity index (χ0v) is 12.6. The van der Waals surface area contributed by atoms with Crippen LogP contribution in [0.2, 0.25) is 0 Å². The summed E-state index contributed by atoms with van der Waals surface area (Å²) >= 11 is 0. The molecule has 0 aromatic heterocycles. The summed E-state index contributed by atoms with van der Waals surface area (Å²) in [6.07, 6.45) is 1.81. The van der Waals surface area contributed by atoms with Crippen LogP contribution in [0.5, 0.6) is 0 Å². The standard InChI is InChI=1S/C14H20N2O3S/c1-11-7-9-16(10-8-11)20(18,19)14-5-3-13(4-6-14)15-12(2)17/h3-6,11H,7-10H2,1-2H3,(H,15,17).